The van der Waals surface area contributed by atoms with Gasteiger partial charge < -0.3 is 14.6 Å². The Morgan fingerprint density at radius 2 is 1.94 bits per heavy atom. The molecule has 1 fully saturated rings. The number of benzene rings is 1. The van der Waals surface area contributed by atoms with Gasteiger partial charge >= 0.3 is 0 Å². The van der Waals surface area contributed by atoms with E-state index in [1.165, 1.54) is 18.6 Å². The maximum Gasteiger partial charge on any atom is 0.212 e. The van der Waals surface area contributed by atoms with Gasteiger partial charge in [-0.2, -0.15) is 9.65 Å². The van der Waals surface area contributed by atoms with Crippen molar-refractivity contribution in [1.82, 2.24) is 19.7 Å². The van der Waals surface area contributed by atoms with Gasteiger partial charge in [0.1, 0.15) is 12.4 Å². The topological polar surface area (TPSA) is 90.9 Å². The number of aromatic nitrogens is 4. The van der Waals surface area contributed by atoms with Crippen molar-refractivity contribution in [3.05, 3.63) is 59.7 Å². The number of hydrogen-bond acceptors (Lipinski definition) is 6. The number of anilines is 1. The van der Waals surface area contributed by atoms with Crippen molar-refractivity contribution in [3.8, 4) is 17.2 Å². The zero-order valence-electron chi connectivity index (χ0n) is 18.2. The van der Waals surface area contributed by atoms with Gasteiger partial charge in [0.05, 0.1) is 16.9 Å². The van der Waals surface area contributed by atoms with E-state index in [0.29, 0.717) is 41.0 Å². The summed E-state index contributed by atoms with van der Waals surface area (Å²) in [6.07, 6.45) is 3.23. The number of aryl methyl sites for hydroxylation is 1. The molecule has 1 aromatic carbocycles. The minimum Gasteiger partial charge on any atom is -0.386 e. The lowest BCUT2D eigenvalue weighted by Gasteiger charge is -2.38. The molecular formula is C23H24F2N6O. The molecule has 1 aliphatic heterocycles. The SMILES string of the molecule is Cn1cnnc1C1(F)CCN(c2c(C#N)cc(C(C)(C)O)cc2-c2ccc(F)nc2)CC1. The minimum absolute atomic E-state index is 0.179. The second kappa shape index (κ2) is 7.95. The molecule has 4 rings (SSSR count). The molecule has 1 aliphatic rings. The number of halogens is 2. The fourth-order valence-corrected chi connectivity index (χ4v) is 4.17. The average Bonchev–Trinajstić information content (AvgIpc) is 3.20. The van der Waals surface area contributed by atoms with Crippen LogP contribution >= 0.6 is 0 Å². The van der Waals surface area contributed by atoms with E-state index in [9.17, 15) is 14.8 Å². The van der Waals surface area contributed by atoms with E-state index < -0.39 is 17.2 Å². The molecule has 0 spiro atoms. The van der Waals surface area contributed by atoms with Crippen LogP contribution in [0.25, 0.3) is 11.1 Å². The van der Waals surface area contributed by atoms with Crippen LogP contribution in [0.1, 0.15) is 43.6 Å². The Morgan fingerprint density at radius 3 is 2.47 bits per heavy atom. The summed E-state index contributed by atoms with van der Waals surface area (Å²) in [7, 11) is 1.71. The van der Waals surface area contributed by atoms with E-state index in [0.717, 1.165) is 0 Å². The molecule has 0 atom stereocenters. The van der Waals surface area contributed by atoms with E-state index in [1.54, 1.807) is 43.7 Å². The van der Waals surface area contributed by atoms with Crippen LogP contribution in [0.2, 0.25) is 0 Å². The first-order valence-electron chi connectivity index (χ1n) is 10.3. The highest BCUT2D eigenvalue weighted by Gasteiger charge is 2.41. The predicted octanol–water partition coefficient (Wildman–Crippen LogP) is 3.58. The molecule has 0 aliphatic carbocycles. The molecule has 2 aromatic heterocycles. The lowest BCUT2D eigenvalue weighted by atomic mass is 9.88. The zero-order chi connectivity index (χ0) is 23.1. The van der Waals surface area contributed by atoms with Crippen LogP contribution in [0.3, 0.4) is 0 Å². The van der Waals surface area contributed by atoms with Crippen LogP contribution in [0.5, 0.6) is 0 Å². The predicted molar refractivity (Wildman–Crippen MR) is 115 cm³/mol. The van der Waals surface area contributed by atoms with Gasteiger partial charge in [0.2, 0.25) is 5.95 Å². The Labute approximate surface area is 185 Å². The molecule has 9 heteroatoms. The van der Waals surface area contributed by atoms with Crippen molar-refractivity contribution in [1.29, 1.82) is 5.26 Å². The summed E-state index contributed by atoms with van der Waals surface area (Å²) in [5.74, 6) is -0.323. The van der Waals surface area contributed by atoms with Gasteiger partial charge in [0, 0.05) is 50.3 Å². The Hall–Kier alpha value is -3.38. The lowest BCUT2D eigenvalue weighted by molar-refractivity contribution is 0.0786. The Balaban J connectivity index is 1.77. The first kappa shape index (κ1) is 21.8. The summed E-state index contributed by atoms with van der Waals surface area (Å²) < 4.78 is 30.7. The number of alkyl halides is 1. The normalized spacial score (nSPS) is 16.1. The van der Waals surface area contributed by atoms with Crippen LogP contribution in [0.15, 0.2) is 36.8 Å². The van der Waals surface area contributed by atoms with E-state index in [2.05, 4.69) is 21.3 Å². The number of aliphatic hydroxyl groups is 1. The molecule has 0 saturated carbocycles. The molecule has 32 heavy (non-hydrogen) atoms. The number of rotatable bonds is 4. The minimum atomic E-state index is -1.61. The van der Waals surface area contributed by atoms with Crippen molar-refractivity contribution >= 4 is 5.69 Å². The van der Waals surface area contributed by atoms with Crippen molar-refractivity contribution < 1.29 is 13.9 Å². The van der Waals surface area contributed by atoms with Gasteiger partial charge in [0.25, 0.3) is 0 Å². The molecule has 0 radical (unpaired) electrons. The van der Waals surface area contributed by atoms with E-state index in [-0.39, 0.29) is 18.7 Å². The number of hydrogen-bond donors (Lipinski definition) is 1. The third-order valence-electron chi connectivity index (χ3n) is 5.96. The van der Waals surface area contributed by atoms with E-state index >= 15 is 4.39 Å². The third-order valence-corrected chi connectivity index (χ3v) is 5.96. The second-order valence-electron chi connectivity index (χ2n) is 8.68. The quantitative estimate of drug-likeness (QED) is 0.626. The number of nitrogens with zero attached hydrogens (tertiary/aromatic N) is 6. The Bertz CT molecular complexity index is 1170. The smallest absolute Gasteiger partial charge is 0.212 e. The fraction of sp³-hybridized carbons (Fsp3) is 0.391. The van der Waals surface area contributed by atoms with Crippen molar-refractivity contribution in [2.24, 2.45) is 7.05 Å². The summed E-state index contributed by atoms with van der Waals surface area (Å²) in [5, 5.41) is 28.2. The average molecular weight is 438 g/mol. The van der Waals surface area contributed by atoms with Crippen molar-refractivity contribution in [2.75, 3.05) is 18.0 Å². The molecule has 1 N–H and O–H groups in total. The highest BCUT2D eigenvalue weighted by molar-refractivity contribution is 5.83. The highest BCUT2D eigenvalue weighted by Crippen LogP contribution is 2.42. The molecule has 0 unspecified atom stereocenters. The van der Waals surface area contributed by atoms with Crippen molar-refractivity contribution in [2.45, 2.75) is 38.0 Å². The Kier molecular flexibility index (Phi) is 5.42. The van der Waals surface area contributed by atoms with Gasteiger partial charge in [-0.3, -0.25) is 0 Å². The number of pyridine rings is 1. The third kappa shape index (κ3) is 3.94. The molecular weight excluding hydrogens is 414 g/mol. The summed E-state index contributed by atoms with van der Waals surface area (Å²) in [6.45, 7) is 3.97. The summed E-state index contributed by atoms with van der Waals surface area (Å²) in [6, 6.07) is 8.48. The van der Waals surface area contributed by atoms with Gasteiger partial charge in [-0.05, 0) is 43.7 Å². The zero-order valence-corrected chi connectivity index (χ0v) is 18.2. The van der Waals surface area contributed by atoms with E-state index in [1.807, 2.05) is 4.90 Å². The number of nitriles is 1. The monoisotopic (exact) mass is 438 g/mol. The fourth-order valence-electron chi connectivity index (χ4n) is 4.17. The molecule has 7 nitrogen and oxygen atoms in total. The van der Waals surface area contributed by atoms with Gasteiger partial charge in [-0.1, -0.05) is 0 Å². The van der Waals surface area contributed by atoms with Gasteiger partial charge in [-0.25, -0.2) is 9.37 Å². The van der Waals surface area contributed by atoms with Gasteiger partial charge in [-0.15, -0.1) is 10.2 Å². The van der Waals surface area contributed by atoms with Crippen LogP contribution in [-0.2, 0) is 18.3 Å². The molecule has 0 amide bonds. The molecule has 3 heterocycles. The maximum absolute atomic E-state index is 15.7. The van der Waals surface area contributed by atoms with Crippen LogP contribution in [0.4, 0.5) is 14.5 Å². The standard InChI is InChI=1S/C23H24F2N6O/c1-22(2,32)17-10-16(12-26)20(18(11-17)15-4-5-19(24)27-13-15)31-8-6-23(25,7-9-31)21-29-28-14-30(21)3/h4-5,10-11,13-14,32H,6-9H2,1-3H3. The van der Waals surface area contributed by atoms with Crippen LogP contribution in [-0.4, -0.2) is 37.9 Å². The summed E-state index contributed by atoms with van der Waals surface area (Å²) in [5.41, 5.74) is -0.0313. The molecule has 3 aromatic rings. The maximum atomic E-state index is 15.7. The van der Waals surface area contributed by atoms with Crippen molar-refractivity contribution in [3.63, 3.8) is 0 Å². The Morgan fingerprint density at radius 1 is 1.22 bits per heavy atom. The van der Waals surface area contributed by atoms with E-state index in [4.69, 9.17) is 0 Å². The molecule has 0 bridgehead atoms. The summed E-state index contributed by atoms with van der Waals surface area (Å²) in [4.78, 5) is 5.71. The van der Waals surface area contributed by atoms with Crippen LogP contribution < -0.4 is 4.90 Å². The largest absolute Gasteiger partial charge is 0.386 e. The highest BCUT2D eigenvalue weighted by atomic mass is 19.1. The molecule has 166 valence electrons. The van der Waals surface area contributed by atoms with Crippen LogP contribution in [0, 0.1) is 17.3 Å². The first-order chi connectivity index (χ1) is 15.1. The summed E-state index contributed by atoms with van der Waals surface area (Å²) >= 11 is 0. The molecule has 1 saturated heterocycles. The first-order valence-corrected chi connectivity index (χ1v) is 10.3. The second-order valence-corrected chi connectivity index (χ2v) is 8.68. The number of piperidine rings is 1. The lowest BCUT2D eigenvalue weighted by Crippen LogP contribution is -2.42. The van der Waals surface area contributed by atoms with Gasteiger partial charge in [0.15, 0.2) is 11.5 Å².